The minimum absolute atomic E-state index is 0.169. The molecule has 3 rings (SSSR count). The van der Waals surface area contributed by atoms with Gasteiger partial charge in [-0.1, -0.05) is 0 Å². The lowest BCUT2D eigenvalue weighted by Crippen LogP contribution is -2.39. The summed E-state index contributed by atoms with van der Waals surface area (Å²) in [4.78, 5) is 25.9. The van der Waals surface area contributed by atoms with Crippen molar-refractivity contribution in [1.29, 1.82) is 0 Å². The van der Waals surface area contributed by atoms with Crippen molar-refractivity contribution in [2.45, 2.75) is 58.1 Å². The Hall–Kier alpha value is -2.24. The predicted molar refractivity (Wildman–Crippen MR) is 93.5 cm³/mol. The van der Waals surface area contributed by atoms with Gasteiger partial charge in [0.05, 0.1) is 5.69 Å². The van der Waals surface area contributed by atoms with E-state index in [1.54, 1.807) is 4.90 Å². The third kappa shape index (κ3) is 4.19. The van der Waals surface area contributed by atoms with Gasteiger partial charge in [-0.3, -0.25) is 4.90 Å². The molecule has 1 aromatic carbocycles. The second-order valence-corrected chi connectivity index (χ2v) is 7.45. The highest BCUT2D eigenvalue weighted by Crippen LogP contribution is 2.31. The fourth-order valence-electron chi connectivity index (χ4n) is 2.76. The zero-order chi connectivity index (χ0) is 17.3. The minimum Gasteiger partial charge on any atom is -0.443 e. The number of rotatable bonds is 2. The molecule has 0 bridgehead atoms. The van der Waals surface area contributed by atoms with Crippen LogP contribution in [0.25, 0.3) is 0 Å². The number of anilines is 2. The molecule has 0 radical (unpaired) electrons. The smallest absolute Gasteiger partial charge is 0.414 e. The first kappa shape index (κ1) is 16.6. The van der Waals surface area contributed by atoms with Gasteiger partial charge in [-0.05, 0) is 70.2 Å². The molecule has 1 aromatic rings. The van der Waals surface area contributed by atoms with Gasteiger partial charge in [0.15, 0.2) is 0 Å². The van der Waals surface area contributed by atoms with Crippen LogP contribution in [0.1, 0.15) is 45.6 Å². The van der Waals surface area contributed by atoms with Gasteiger partial charge in [0, 0.05) is 18.3 Å². The Bertz CT molecular complexity index is 647. The Kier molecular flexibility index (Phi) is 4.39. The van der Waals surface area contributed by atoms with E-state index in [1.165, 1.54) is 0 Å². The summed E-state index contributed by atoms with van der Waals surface area (Å²) in [5.74, 6) is 0. The summed E-state index contributed by atoms with van der Waals surface area (Å²) >= 11 is 0. The molecule has 6 heteroatoms. The molecule has 1 aliphatic heterocycles. The molecule has 0 atom stereocenters. The molecule has 1 aliphatic carbocycles. The summed E-state index contributed by atoms with van der Waals surface area (Å²) in [5, 5.41) is 5.76. The van der Waals surface area contributed by atoms with Crippen LogP contribution < -0.4 is 15.5 Å². The zero-order valence-corrected chi connectivity index (χ0v) is 14.5. The molecule has 130 valence electrons. The van der Waals surface area contributed by atoms with Crippen LogP contribution >= 0.6 is 0 Å². The van der Waals surface area contributed by atoms with E-state index in [4.69, 9.17) is 4.74 Å². The van der Waals surface area contributed by atoms with Gasteiger partial charge in [-0.2, -0.15) is 0 Å². The molecular formula is C18H25N3O3. The van der Waals surface area contributed by atoms with Crippen molar-refractivity contribution in [2.24, 2.45) is 0 Å². The highest BCUT2D eigenvalue weighted by atomic mass is 16.6. The summed E-state index contributed by atoms with van der Waals surface area (Å²) in [5.41, 5.74) is 2.15. The van der Waals surface area contributed by atoms with Gasteiger partial charge in [0.1, 0.15) is 5.60 Å². The Morgan fingerprint density at radius 3 is 2.67 bits per heavy atom. The van der Waals surface area contributed by atoms with Crippen LogP contribution in [-0.2, 0) is 11.2 Å². The summed E-state index contributed by atoms with van der Waals surface area (Å²) in [6.45, 7) is 6.24. The molecule has 0 aromatic heterocycles. The first-order valence-corrected chi connectivity index (χ1v) is 8.53. The largest absolute Gasteiger partial charge is 0.443 e. The lowest BCUT2D eigenvalue weighted by Gasteiger charge is -2.32. The second-order valence-electron chi connectivity index (χ2n) is 7.45. The minimum atomic E-state index is -0.517. The number of urea groups is 1. The van der Waals surface area contributed by atoms with Crippen LogP contribution in [-0.4, -0.2) is 30.3 Å². The van der Waals surface area contributed by atoms with E-state index < -0.39 is 5.60 Å². The monoisotopic (exact) mass is 331 g/mol. The summed E-state index contributed by atoms with van der Waals surface area (Å²) in [6, 6.07) is 5.81. The number of amides is 3. The Morgan fingerprint density at radius 2 is 2.00 bits per heavy atom. The normalized spacial score (nSPS) is 17.0. The lowest BCUT2D eigenvalue weighted by molar-refractivity contribution is 0.0578. The Balaban J connectivity index is 1.71. The number of hydrogen-bond donors (Lipinski definition) is 2. The van der Waals surface area contributed by atoms with Gasteiger partial charge in [0.2, 0.25) is 0 Å². The molecule has 2 aliphatic rings. The highest BCUT2D eigenvalue weighted by Gasteiger charge is 2.28. The SMILES string of the molecule is CC(C)(C)OC(=O)N1CCCc2cc(NC(=O)NC3CC3)ccc21. The predicted octanol–water partition coefficient (Wildman–Crippen LogP) is 3.66. The van der Waals surface area contributed by atoms with E-state index >= 15 is 0 Å². The average Bonchev–Trinajstić information content (AvgIpc) is 3.28. The van der Waals surface area contributed by atoms with E-state index in [0.29, 0.717) is 12.6 Å². The van der Waals surface area contributed by atoms with E-state index in [0.717, 1.165) is 42.6 Å². The fraction of sp³-hybridized carbons (Fsp3) is 0.556. The number of benzene rings is 1. The Morgan fingerprint density at radius 1 is 1.25 bits per heavy atom. The quantitative estimate of drug-likeness (QED) is 0.869. The molecule has 0 saturated heterocycles. The molecule has 1 fully saturated rings. The van der Waals surface area contributed by atoms with E-state index in [1.807, 2.05) is 39.0 Å². The maximum Gasteiger partial charge on any atom is 0.414 e. The van der Waals surface area contributed by atoms with Gasteiger partial charge in [-0.25, -0.2) is 9.59 Å². The Labute approximate surface area is 142 Å². The van der Waals surface area contributed by atoms with Gasteiger partial charge >= 0.3 is 12.1 Å². The molecule has 0 spiro atoms. The van der Waals surface area contributed by atoms with Crippen molar-refractivity contribution >= 4 is 23.5 Å². The number of ether oxygens (including phenoxy) is 1. The van der Waals surface area contributed by atoms with Crippen LogP contribution in [0.4, 0.5) is 21.0 Å². The van der Waals surface area contributed by atoms with Crippen molar-refractivity contribution in [3.63, 3.8) is 0 Å². The van der Waals surface area contributed by atoms with Crippen LogP contribution in [0.3, 0.4) is 0 Å². The molecule has 2 N–H and O–H groups in total. The summed E-state index contributed by atoms with van der Waals surface area (Å²) in [7, 11) is 0. The number of hydrogen-bond acceptors (Lipinski definition) is 3. The molecule has 3 amide bonds. The highest BCUT2D eigenvalue weighted by molar-refractivity contribution is 5.92. The van der Waals surface area contributed by atoms with Crippen molar-refractivity contribution in [3.05, 3.63) is 23.8 Å². The summed E-state index contributed by atoms with van der Waals surface area (Å²) < 4.78 is 5.49. The summed E-state index contributed by atoms with van der Waals surface area (Å²) in [6.07, 6.45) is 3.55. The number of carbonyl (C=O) groups is 2. The van der Waals surface area contributed by atoms with Gasteiger partial charge in [-0.15, -0.1) is 0 Å². The van der Waals surface area contributed by atoms with Gasteiger partial charge in [0.25, 0.3) is 0 Å². The van der Waals surface area contributed by atoms with Crippen LogP contribution in [0.15, 0.2) is 18.2 Å². The number of nitrogens with one attached hydrogen (secondary N) is 2. The molecular weight excluding hydrogens is 306 g/mol. The maximum absolute atomic E-state index is 12.4. The number of aryl methyl sites for hydroxylation is 1. The first-order valence-electron chi connectivity index (χ1n) is 8.53. The zero-order valence-electron chi connectivity index (χ0n) is 14.5. The van der Waals surface area contributed by atoms with E-state index in [-0.39, 0.29) is 12.1 Å². The lowest BCUT2D eigenvalue weighted by atomic mass is 10.0. The average molecular weight is 331 g/mol. The van der Waals surface area contributed by atoms with Crippen LogP contribution in [0.5, 0.6) is 0 Å². The van der Waals surface area contributed by atoms with Crippen LogP contribution in [0.2, 0.25) is 0 Å². The van der Waals surface area contributed by atoms with Crippen molar-refractivity contribution in [3.8, 4) is 0 Å². The number of carbonyl (C=O) groups excluding carboxylic acids is 2. The number of fused-ring (bicyclic) bond motifs is 1. The molecule has 24 heavy (non-hydrogen) atoms. The first-order chi connectivity index (χ1) is 11.3. The van der Waals surface area contributed by atoms with Crippen molar-refractivity contribution < 1.29 is 14.3 Å². The maximum atomic E-state index is 12.4. The molecule has 6 nitrogen and oxygen atoms in total. The number of nitrogens with zero attached hydrogens (tertiary/aromatic N) is 1. The van der Waals surface area contributed by atoms with Gasteiger partial charge < -0.3 is 15.4 Å². The van der Waals surface area contributed by atoms with E-state index in [9.17, 15) is 9.59 Å². The van der Waals surface area contributed by atoms with Crippen molar-refractivity contribution in [2.75, 3.05) is 16.8 Å². The molecule has 1 heterocycles. The second kappa shape index (κ2) is 6.34. The van der Waals surface area contributed by atoms with E-state index in [2.05, 4.69) is 10.6 Å². The topological polar surface area (TPSA) is 70.7 Å². The van der Waals surface area contributed by atoms with Crippen LogP contribution in [0, 0.1) is 0 Å². The third-order valence-electron chi connectivity index (χ3n) is 3.98. The fourth-order valence-corrected chi connectivity index (χ4v) is 2.76. The van der Waals surface area contributed by atoms with Crippen molar-refractivity contribution in [1.82, 2.24) is 5.32 Å². The third-order valence-corrected chi connectivity index (χ3v) is 3.98. The standard InChI is InChI=1S/C18H25N3O3/c1-18(2,3)24-17(23)21-10-4-5-12-11-14(8-9-15(12)21)20-16(22)19-13-6-7-13/h8-9,11,13H,4-7,10H2,1-3H3,(H2,19,20,22). The molecule has 1 saturated carbocycles. The molecule has 0 unspecified atom stereocenters.